The molecule has 1 aromatic rings. The predicted molar refractivity (Wildman–Crippen MR) is 67.6 cm³/mol. The van der Waals surface area contributed by atoms with Crippen LogP contribution in [0.3, 0.4) is 0 Å². The van der Waals surface area contributed by atoms with Crippen molar-refractivity contribution in [1.29, 1.82) is 0 Å². The number of hydrogen-bond acceptors (Lipinski definition) is 3. The maximum atomic E-state index is 12.8. The third-order valence-electron chi connectivity index (χ3n) is 3.65. The summed E-state index contributed by atoms with van der Waals surface area (Å²) in [5.41, 5.74) is 0. The lowest BCUT2D eigenvalue weighted by Crippen LogP contribution is -2.41. The molecular formula is C13H16FNO3S. The summed E-state index contributed by atoms with van der Waals surface area (Å²) in [6.07, 6.45) is 2.91. The third-order valence-corrected chi connectivity index (χ3v) is 5.16. The molecule has 3 rings (SSSR count). The lowest BCUT2D eigenvalue weighted by Gasteiger charge is -2.19. The quantitative estimate of drug-likeness (QED) is 0.915. The van der Waals surface area contributed by atoms with Crippen LogP contribution in [-0.2, 0) is 14.8 Å². The van der Waals surface area contributed by atoms with Crippen molar-refractivity contribution in [3.8, 4) is 0 Å². The van der Waals surface area contributed by atoms with Crippen molar-refractivity contribution in [1.82, 2.24) is 4.72 Å². The first-order valence-corrected chi connectivity index (χ1v) is 7.94. The van der Waals surface area contributed by atoms with E-state index in [1.807, 2.05) is 0 Å². The summed E-state index contributed by atoms with van der Waals surface area (Å²) >= 11 is 0. The van der Waals surface area contributed by atoms with Crippen LogP contribution >= 0.6 is 0 Å². The fourth-order valence-electron chi connectivity index (χ4n) is 2.51. The molecule has 1 N–H and O–H groups in total. The van der Waals surface area contributed by atoms with Crippen molar-refractivity contribution in [3.05, 3.63) is 30.1 Å². The second-order valence-corrected chi connectivity index (χ2v) is 6.86. The Labute approximate surface area is 112 Å². The van der Waals surface area contributed by atoms with Gasteiger partial charge < -0.3 is 4.74 Å². The highest BCUT2D eigenvalue weighted by Gasteiger charge is 2.42. The lowest BCUT2D eigenvalue weighted by atomic mass is 10.1. The molecule has 1 saturated carbocycles. The monoisotopic (exact) mass is 285 g/mol. The highest BCUT2D eigenvalue weighted by atomic mass is 32.2. The Balaban J connectivity index is 1.75. The summed E-state index contributed by atoms with van der Waals surface area (Å²) in [5, 5.41) is 0. The Bertz CT molecular complexity index is 554. The molecule has 19 heavy (non-hydrogen) atoms. The fourth-order valence-corrected chi connectivity index (χ4v) is 3.79. The van der Waals surface area contributed by atoms with Crippen molar-refractivity contribution in [2.75, 3.05) is 6.61 Å². The van der Waals surface area contributed by atoms with E-state index in [0.29, 0.717) is 18.9 Å². The van der Waals surface area contributed by atoms with Crippen LogP contribution in [0.15, 0.2) is 29.2 Å². The molecule has 2 fully saturated rings. The zero-order valence-corrected chi connectivity index (χ0v) is 11.2. The maximum absolute atomic E-state index is 12.8. The minimum absolute atomic E-state index is 0.00442. The molecule has 6 heteroatoms. The van der Waals surface area contributed by atoms with Crippen LogP contribution in [0, 0.1) is 11.7 Å². The highest BCUT2D eigenvalue weighted by Crippen LogP contribution is 2.39. The van der Waals surface area contributed by atoms with Gasteiger partial charge in [-0.15, -0.1) is 0 Å². The van der Waals surface area contributed by atoms with Crippen molar-refractivity contribution in [2.45, 2.75) is 36.3 Å². The highest BCUT2D eigenvalue weighted by molar-refractivity contribution is 7.89. The average Bonchev–Trinajstić information content (AvgIpc) is 3.11. The summed E-state index contributed by atoms with van der Waals surface area (Å²) in [5.74, 6) is 0.0439. The molecule has 0 amide bonds. The Morgan fingerprint density at radius 3 is 2.47 bits per heavy atom. The molecule has 0 aromatic heterocycles. The number of nitrogens with one attached hydrogen (secondary N) is 1. The first-order valence-electron chi connectivity index (χ1n) is 6.46. The van der Waals surface area contributed by atoms with Gasteiger partial charge in [-0.1, -0.05) is 0 Å². The molecule has 4 nitrogen and oxygen atoms in total. The number of benzene rings is 1. The standard InChI is InChI=1S/C13H16FNO3S/c14-10-3-5-11(6-4-10)19(16,17)15-12-7-8-18-13(12)9-1-2-9/h3-6,9,12-13,15H,1-2,7-8H2. The first kappa shape index (κ1) is 13.0. The summed E-state index contributed by atoms with van der Waals surface area (Å²) in [4.78, 5) is 0.0929. The second kappa shape index (κ2) is 4.85. The Morgan fingerprint density at radius 2 is 1.84 bits per heavy atom. The molecule has 2 unspecified atom stereocenters. The zero-order chi connectivity index (χ0) is 13.5. The smallest absolute Gasteiger partial charge is 0.240 e. The van der Waals surface area contributed by atoms with Crippen LogP contribution in [0.25, 0.3) is 0 Å². The first-order chi connectivity index (χ1) is 9.06. The number of hydrogen-bond donors (Lipinski definition) is 1. The van der Waals surface area contributed by atoms with Gasteiger partial charge in [-0.25, -0.2) is 17.5 Å². The summed E-state index contributed by atoms with van der Waals surface area (Å²) in [6.45, 7) is 0.595. The van der Waals surface area contributed by atoms with E-state index in [1.54, 1.807) is 0 Å². The van der Waals surface area contributed by atoms with Crippen molar-refractivity contribution in [2.24, 2.45) is 5.92 Å². The molecule has 0 bridgehead atoms. The van der Waals surface area contributed by atoms with Gasteiger partial charge in [0.25, 0.3) is 0 Å². The second-order valence-electron chi connectivity index (χ2n) is 5.14. The topological polar surface area (TPSA) is 55.4 Å². The van der Waals surface area contributed by atoms with Crippen LogP contribution in [0.4, 0.5) is 4.39 Å². The van der Waals surface area contributed by atoms with Crippen LogP contribution in [-0.4, -0.2) is 27.2 Å². The summed E-state index contributed by atoms with van der Waals surface area (Å²) in [7, 11) is -3.60. The van der Waals surface area contributed by atoms with Gasteiger partial charge in [0, 0.05) is 6.61 Å². The van der Waals surface area contributed by atoms with Crippen molar-refractivity contribution in [3.63, 3.8) is 0 Å². The van der Waals surface area contributed by atoms with E-state index in [9.17, 15) is 12.8 Å². The summed E-state index contributed by atoms with van der Waals surface area (Å²) < 4.78 is 45.5. The van der Waals surface area contributed by atoms with Gasteiger partial charge in [-0.05, 0) is 49.4 Å². The minimum Gasteiger partial charge on any atom is -0.376 e. The van der Waals surface area contributed by atoms with Crippen molar-refractivity contribution < 1.29 is 17.5 Å². The van der Waals surface area contributed by atoms with Crippen LogP contribution in [0.5, 0.6) is 0 Å². The van der Waals surface area contributed by atoms with Gasteiger partial charge in [0.1, 0.15) is 5.82 Å². The molecule has 1 saturated heterocycles. The van der Waals surface area contributed by atoms with E-state index >= 15 is 0 Å². The SMILES string of the molecule is O=S(=O)(NC1CCOC1C1CC1)c1ccc(F)cc1. The third kappa shape index (κ3) is 2.80. The molecule has 2 aliphatic rings. The number of ether oxygens (including phenoxy) is 1. The Morgan fingerprint density at radius 1 is 1.16 bits per heavy atom. The summed E-state index contributed by atoms with van der Waals surface area (Å²) in [6, 6.07) is 4.69. The molecule has 104 valence electrons. The molecule has 1 aliphatic carbocycles. The van der Waals surface area contributed by atoms with Gasteiger partial charge >= 0.3 is 0 Å². The molecular weight excluding hydrogens is 269 g/mol. The van der Waals surface area contributed by atoms with Gasteiger partial charge in [0.15, 0.2) is 0 Å². The lowest BCUT2D eigenvalue weighted by molar-refractivity contribution is 0.0848. The normalized spacial score (nSPS) is 27.6. The molecule has 1 heterocycles. The van der Waals surface area contributed by atoms with E-state index < -0.39 is 15.8 Å². The van der Waals surface area contributed by atoms with Crippen LogP contribution < -0.4 is 4.72 Å². The van der Waals surface area contributed by atoms with Crippen molar-refractivity contribution >= 4 is 10.0 Å². The van der Waals surface area contributed by atoms with Gasteiger partial charge in [0.05, 0.1) is 17.0 Å². The zero-order valence-electron chi connectivity index (χ0n) is 10.4. The van der Waals surface area contributed by atoms with E-state index in [1.165, 1.54) is 12.1 Å². The van der Waals surface area contributed by atoms with Gasteiger partial charge in [-0.2, -0.15) is 0 Å². The van der Waals surface area contributed by atoms with E-state index in [-0.39, 0.29) is 17.0 Å². The Hall–Kier alpha value is -0.980. The number of halogens is 1. The largest absolute Gasteiger partial charge is 0.376 e. The van der Waals surface area contributed by atoms with Crippen LogP contribution in [0.1, 0.15) is 19.3 Å². The molecule has 1 aromatic carbocycles. The number of sulfonamides is 1. The average molecular weight is 285 g/mol. The molecule has 0 spiro atoms. The fraction of sp³-hybridized carbons (Fsp3) is 0.538. The van der Waals surface area contributed by atoms with Gasteiger partial charge in [0.2, 0.25) is 10.0 Å². The number of rotatable bonds is 4. The molecule has 2 atom stereocenters. The van der Waals surface area contributed by atoms with E-state index in [2.05, 4.69) is 4.72 Å². The molecule has 0 radical (unpaired) electrons. The predicted octanol–water partition coefficient (Wildman–Crippen LogP) is 1.67. The van der Waals surface area contributed by atoms with E-state index in [4.69, 9.17) is 4.74 Å². The Kier molecular flexibility index (Phi) is 3.32. The van der Waals surface area contributed by atoms with Gasteiger partial charge in [-0.3, -0.25) is 0 Å². The van der Waals surface area contributed by atoms with Crippen LogP contribution in [0.2, 0.25) is 0 Å². The molecule has 1 aliphatic heterocycles. The maximum Gasteiger partial charge on any atom is 0.240 e. The minimum atomic E-state index is -3.60. The van der Waals surface area contributed by atoms with E-state index in [0.717, 1.165) is 25.0 Å².